The highest BCUT2D eigenvalue weighted by Crippen LogP contribution is 2.11. The smallest absolute Gasteiger partial charge is 0.249 e. The van der Waals surface area contributed by atoms with E-state index < -0.39 is 0 Å². The Balaban J connectivity index is 2.72. The number of carbonyl (C=O) groups is 2. The van der Waals surface area contributed by atoms with Crippen molar-refractivity contribution in [2.75, 3.05) is 0 Å². The lowest BCUT2D eigenvalue weighted by Gasteiger charge is -2.26. The maximum atomic E-state index is 10.6. The lowest BCUT2D eigenvalue weighted by Crippen LogP contribution is -2.49. The van der Waals surface area contributed by atoms with Gasteiger partial charge in [0.2, 0.25) is 5.91 Å². The molecular weight excluding hydrogens is 130 g/mol. The van der Waals surface area contributed by atoms with E-state index in [2.05, 4.69) is 5.32 Å². The normalized spacial score (nSPS) is 27.6. The predicted molar refractivity (Wildman–Crippen MR) is 36.4 cm³/mol. The molecule has 54 valence electrons. The number of carbonyl (C=O) groups excluding carboxylic acids is 2. The van der Waals surface area contributed by atoms with Gasteiger partial charge in [0.15, 0.2) is 5.78 Å². The Morgan fingerprint density at radius 3 is 2.50 bits per heavy atom. The van der Waals surface area contributed by atoms with Crippen LogP contribution < -0.4 is 5.32 Å². The Hall–Kier alpha value is -1.12. The van der Waals surface area contributed by atoms with Gasteiger partial charge in [-0.3, -0.25) is 9.59 Å². The lowest BCUT2D eigenvalue weighted by atomic mass is 9.99. The number of rotatable bonds is 1. The third-order valence-electron chi connectivity index (χ3n) is 1.44. The van der Waals surface area contributed by atoms with Crippen LogP contribution in [0.25, 0.3) is 0 Å². The molecule has 0 aromatic heterocycles. The van der Waals surface area contributed by atoms with E-state index in [-0.39, 0.29) is 17.7 Å². The Bertz CT molecular complexity index is 218. The molecular formula is C7H9NO2. The molecule has 0 aromatic carbocycles. The summed E-state index contributed by atoms with van der Waals surface area (Å²) in [5.41, 5.74) is 0.590. The molecule has 0 aliphatic carbocycles. The topological polar surface area (TPSA) is 46.2 Å². The van der Waals surface area contributed by atoms with Crippen LogP contribution in [0.1, 0.15) is 13.8 Å². The molecule has 0 bridgehead atoms. The van der Waals surface area contributed by atoms with E-state index in [1.165, 1.54) is 13.0 Å². The number of nitrogens with one attached hydrogen (secondary N) is 1. The summed E-state index contributed by atoms with van der Waals surface area (Å²) in [7, 11) is 0. The molecule has 1 saturated heterocycles. The second-order valence-electron chi connectivity index (χ2n) is 2.41. The summed E-state index contributed by atoms with van der Waals surface area (Å²) in [5.74, 6) is -0.195. The molecule has 0 radical (unpaired) electrons. The molecule has 1 aliphatic rings. The van der Waals surface area contributed by atoms with Crippen LogP contribution in [0.3, 0.4) is 0 Å². The van der Waals surface area contributed by atoms with Crippen molar-refractivity contribution in [1.29, 1.82) is 0 Å². The molecule has 0 aromatic rings. The second kappa shape index (κ2) is 2.25. The van der Waals surface area contributed by atoms with E-state index in [4.69, 9.17) is 0 Å². The van der Waals surface area contributed by atoms with Gasteiger partial charge in [-0.25, -0.2) is 0 Å². The van der Waals surface area contributed by atoms with Crippen molar-refractivity contribution in [3.8, 4) is 0 Å². The van der Waals surface area contributed by atoms with Gasteiger partial charge in [0.1, 0.15) is 0 Å². The van der Waals surface area contributed by atoms with Crippen LogP contribution in [0.5, 0.6) is 0 Å². The van der Waals surface area contributed by atoms with E-state index in [0.29, 0.717) is 5.57 Å². The number of ketones is 1. The first-order chi connectivity index (χ1) is 4.61. The third kappa shape index (κ3) is 1.07. The number of hydrogen-bond donors (Lipinski definition) is 1. The fraction of sp³-hybridized carbons (Fsp3) is 0.429. The maximum Gasteiger partial charge on any atom is 0.249 e. The number of hydrogen-bond acceptors (Lipinski definition) is 2. The van der Waals surface area contributed by atoms with Gasteiger partial charge in [0.05, 0.1) is 6.04 Å². The minimum absolute atomic E-state index is 0.0522. The van der Waals surface area contributed by atoms with Gasteiger partial charge < -0.3 is 5.32 Å². The van der Waals surface area contributed by atoms with Gasteiger partial charge in [-0.1, -0.05) is 0 Å². The summed E-state index contributed by atoms with van der Waals surface area (Å²) < 4.78 is 0. The van der Waals surface area contributed by atoms with Crippen molar-refractivity contribution in [2.45, 2.75) is 19.9 Å². The SMILES string of the molecule is CC(=O)C=C1C(=O)NC1C. The van der Waals surface area contributed by atoms with Crippen LogP contribution in [0.2, 0.25) is 0 Å². The Morgan fingerprint density at radius 2 is 2.30 bits per heavy atom. The van der Waals surface area contributed by atoms with Gasteiger partial charge in [-0.05, 0) is 19.9 Å². The van der Waals surface area contributed by atoms with Crippen molar-refractivity contribution < 1.29 is 9.59 Å². The first-order valence-electron chi connectivity index (χ1n) is 3.14. The highest BCUT2D eigenvalue weighted by Gasteiger charge is 2.28. The largest absolute Gasteiger partial charge is 0.346 e. The van der Waals surface area contributed by atoms with Crippen LogP contribution in [0.15, 0.2) is 11.6 Å². The molecule has 1 atom stereocenters. The zero-order valence-corrected chi connectivity index (χ0v) is 5.97. The predicted octanol–water partition coefficient (Wildman–Crippen LogP) is 0.0201. The summed E-state index contributed by atoms with van der Waals surface area (Å²) in [5, 5.41) is 2.60. The average molecular weight is 139 g/mol. The van der Waals surface area contributed by atoms with Crippen molar-refractivity contribution in [1.82, 2.24) is 5.32 Å². The first kappa shape index (κ1) is 6.99. The molecule has 1 unspecified atom stereocenters. The zero-order chi connectivity index (χ0) is 7.72. The van der Waals surface area contributed by atoms with E-state index in [1.54, 1.807) is 0 Å². The summed E-state index contributed by atoms with van der Waals surface area (Å²) in [6.07, 6.45) is 1.38. The summed E-state index contributed by atoms with van der Waals surface area (Å²) in [6, 6.07) is 0.0522. The van der Waals surface area contributed by atoms with E-state index in [1.807, 2.05) is 6.92 Å². The van der Waals surface area contributed by atoms with Gasteiger partial charge in [0.25, 0.3) is 0 Å². The molecule has 1 aliphatic heterocycles. The van der Waals surface area contributed by atoms with Crippen LogP contribution in [0.4, 0.5) is 0 Å². The van der Waals surface area contributed by atoms with E-state index in [0.717, 1.165) is 0 Å². The minimum atomic E-state index is -0.122. The minimum Gasteiger partial charge on any atom is -0.346 e. The molecule has 0 saturated carbocycles. The highest BCUT2D eigenvalue weighted by atomic mass is 16.2. The Morgan fingerprint density at radius 1 is 1.70 bits per heavy atom. The van der Waals surface area contributed by atoms with Gasteiger partial charge in [-0.2, -0.15) is 0 Å². The average Bonchev–Trinajstić information content (AvgIpc) is 1.84. The third-order valence-corrected chi connectivity index (χ3v) is 1.44. The highest BCUT2D eigenvalue weighted by molar-refractivity contribution is 6.06. The molecule has 3 heteroatoms. The summed E-state index contributed by atoms with van der Waals surface area (Å²) in [6.45, 7) is 3.28. The Labute approximate surface area is 59.1 Å². The molecule has 10 heavy (non-hydrogen) atoms. The lowest BCUT2D eigenvalue weighted by molar-refractivity contribution is -0.122. The number of allylic oxidation sites excluding steroid dienone is 1. The number of β-lactam (4-membered cyclic amide) rings is 1. The molecule has 1 N–H and O–H groups in total. The molecule has 0 spiro atoms. The molecule has 3 nitrogen and oxygen atoms in total. The number of amides is 1. The van der Waals surface area contributed by atoms with Crippen molar-refractivity contribution in [3.63, 3.8) is 0 Å². The standard InChI is InChI=1S/C7H9NO2/c1-4(9)3-6-5(2)8-7(6)10/h3,5H,1-2H3,(H,8,10). The molecule has 1 heterocycles. The van der Waals surface area contributed by atoms with Crippen molar-refractivity contribution >= 4 is 11.7 Å². The summed E-state index contributed by atoms with van der Waals surface area (Å²) >= 11 is 0. The van der Waals surface area contributed by atoms with Gasteiger partial charge in [0, 0.05) is 5.57 Å². The maximum absolute atomic E-state index is 10.6. The summed E-state index contributed by atoms with van der Waals surface area (Å²) in [4.78, 5) is 21.1. The van der Waals surface area contributed by atoms with E-state index >= 15 is 0 Å². The first-order valence-corrected chi connectivity index (χ1v) is 3.14. The monoisotopic (exact) mass is 139 g/mol. The van der Waals surface area contributed by atoms with Crippen LogP contribution in [-0.4, -0.2) is 17.7 Å². The zero-order valence-electron chi connectivity index (χ0n) is 5.97. The Kier molecular flexibility index (Phi) is 1.57. The van der Waals surface area contributed by atoms with Gasteiger partial charge >= 0.3 is 0 Å². The van der Waals surface area contributed by atoms with Crippen LogP contribution in [-0.2, 0) is 9.59 Å². The van der Waals surface area contributed by atoms with Crippen molar-refractivity contribution in [3.05, 3.63) is 11.6 Å². The van der Waals surface area contributed by atoms with Crippen LogP contribution in [0, 0.1) is 0 Å². The van der Waals surface area contributed by atoms with Crippen molar-refractivity contribution in [2.24, 2.45) is 0 Å². The molecule has 1 rings (SSSR count). The quantitative estimate of drug-likeness (QED) is 0.411. The van der Waals surface area contributed by atoms with E-state index in [9.17, 15) is 9.59 Å². The fourth-order valence-corrected chi connectivity index (χ4v) is 0.886. The molecule has 1 amide bonds. The van der Waals surface area contributed by atoms with Crippen LogP contribution >= 0.6 is 0 Å². The van der Waals surface area contributed by atoms with Gasteiger partial charge in [-0.15, -0.1) is 0 Å². The second-order valence-corrected chi connectivity index (χ2v) is 2.41. The molecule has 1 fully saturated rings. The fourth-order valence-electron chi connectivity index (χ4n) is 0.886.